The molecule has 0 aliphatic carbocycles. The summed E-state index contributed by atoms with van der Waals surface area (Å²) in [6.45, 7) is 0.677. The van der Waals surface area contributed by atoms with Crippen molar-refractivity contribution in [3.63, 3.8) is 0 Å². The summed E-state index contributed by atoms with van der Waals surface area (Å²) in [6, 6.07) is 3.17. The summed E-state index contributed by atoms with van der Waals surface area (Å²) in [4.78, 5) is 12.2. The van der Waals surface area contributed by atoms with E-state index in [9.17, 15) is 4.79 Å². The highest BCUT2D eigenvalue weighted by Gasteiger charge is 2.38. The third kappa shape index (κ3) is 2.82. The van der Waals surface area contributed by atoms with Gasteiger partial charge in [0, 0.05) is 18.7 Å². The van der Waals surface area contributed by atoms with Crippen LogP contribution in [0.25, 0.3) is 0 Å². The predicted molar refractivity (Wildman–Crippen MR) is 75.5 cm³/mol. The number of nitrogens with one attached hydrogen (secondary N) is 1. The van der Waals surface area contributed by atoms with Crippen molar-refractivity contribution in [3.05, 3.63) is 17.2 Å². The Kier molecular flexibility index (Phi) is 4.37. The lowest BCUT2D eigenvalue weighted by Crippen LogP contribution is -2.51. The van der Waals surface area contributed by atoms with Crippen LogP contribution in [0.1, 0.15) is 6.42 Å². The molecule has 1 atom stereocenters. The lowest BCUT2D eigenvalue weighted by molar-refractivity contribution is -0.121. The highest BCUT2D eigenvalue weighted by Crippen LogP contribution is 2.36. The number of halogens is 1. The molecule has 1 aromatic carbocycles. The second-order valence-corrected chi connectivity index (χ2v) is 5.01. The van der Waals surface area contributed by atoms with E-state index in [2.05, 4.69) is 5.32 Å². The molecule has 20 heavy (non-hydrogen) atoms. The smallest absolute Gasteiger partial charge is 0.247 e. The summed E-state index contributed by atoms with van der Waals surface area (Å²) < 4.78 is 15.5. The zero-order valence-corrected chi connectivity index (χ0v) is 12.1. The first kappa shape index (κ1) is 14.9. The first-order valence-corrected chi connectivity index (χ1v) is 6.47. The van der Waals surface area contributed by atoms with Crippen molar-refractivity contribution in [1.29, 1.82) is 0 Å². The van der Waals surface area contributed by atoms with Crippen molar-refractivity contribution in [1.82, 2.24) is 0 Å². The van der Waals surface area contributed by atoms with Gasteiger partial charge in [-0.1, -0.05) is 11.6 Å². The average molecular weight is 301 g/mol. The Morgan fingerprint density at radius 3 is 2.65 bits per heavy atom. The van der Waals surface area contributed by atoms with Gasteiger partial charge in [0.05, 0.1) is 31.5 Å². The first-order chi connectivity index (χ1) is 9.50. The minimum Gasteiger partial charge on any atom is -0.495 e. The quantitative estimate of drug-likeness (QED) is 0.878. The minimum atomic E-state index is -1.02. The Labute approximate surface area is 122 Å². The van der Waals surface area contributed by atoms with E-state index in [0.29, 0.717) is 35.2 Å². The monoisotopic (exact) mass is 300 g/mol. The summed E-state index contributed by atoms with van der Waals surface area (Å²) in [6.07, 6.45) is 0.478. The number of hydrogen-bond acceptors (Lipinski definition) is 5. The van der Waals surface area contributed by atoms with Crippen molar-refractivity contribution in [2.45, 2.75) is 12.0 Å². The molecule has 3 N–H and O–H groups in total. The van der Waals surface area contributed by atoms with Crippen LogP contribution in [-0.2, 0) is 9.53 Å². The van der Waals surface area contributed by atoms with Crippen LogP contribution in [0.3, 0.4) is 0 Å². The van der Waals surface area contributed by atoms with E-state index in [1.54, 1.807) is 12.1 Å². The fraction of sp³-hybridized carbons (Fsp3) is 0.462. The standard InChI is InChI=1S/C13H17ClN2O4/c1-18-10-6-9(11(19-2)5-8(10)14)16-12(17)13(15)3-4-20-7-13/h5-6H,3-4,7,15H2,1-2H3,(H,16,17). The normalized spacial score (nSPS) is 21.6. The van der Waals surface area contributed by atoms with Crippen molar-refractivity contribution in [3.8, 4) is 11.5 Å². The Bertz CT molecular complexity index is 515. The molecule has 0 saturated carbocycles. The molecule has 1 aliphatic rings. The molecule has 0 spiro atoms. The summed E-state index contributed by atoms with van der Waals surface area (Å²) in [7, 11) is 2.99. The molecule has 6 nitrogen and oxygen atoms in total. The summed E-state index contributed by atoms with van der Waals surface area (Å²) in [5, 5.41) is 3.14. The molecule has 1 heterocycles. The van der Waals surface area contributed by atoms with Gasteiger partial charge in [0.1, 0.15) is 17.0 Å². The number of carbonyl (C=O) groups excluding carboxylic acids is 1. The van der Waals surface area contributed by atoms with Gasteiger partial charge < -0.3 is 25.3 Å². The van der Waals surface area contributed by atoms with E-state index in [-0.39, 0.29) is 12.5 Å². The van der Waals surface area contributed by atoms with Crippen LogP contribution >= 0.6 is 11.6 Å². The number of anilines is 1. The highest BCUT2D eigenvalue weighted by molar-refractivity contribution is 6.32. The lowest BCUT2D eigenvalue weighted by atomic mass is 9.99. The zero-order valence-electron chi connectivity index (χ0n) is 11.4. The molecule has 1 unspecified atom stereocenters. The van der Waals surface area contributed by atoms with Crippen molar-refractivity contribution >= 4 is 23.2 Å². The molecule has 7 heteroatoms. The number of benzene rings is 1. The molecular weight excluding hydrogens is 284 g/mol. The molecule has 1 saturated heterocycles. The third-order valence-electron chi connectivity index (χ3n) is 3.23. The summed E-state index contributed by atoms with van der Waals surface area (Å²) in [5.74, 6) is 0.556. The van der Waals surface area contributed by atoms with E-state index in [1.807, 2.05) is 0 Å². The zero-order chi connectivity index (χ0) is 14.8. The molecule has 0 bridgehead atoms. The second-order valence-electron chi connectivity index (χ2n) is 4.60. The number of carbonyl (C=O) groups is 1. The van der Waals surface area contributed by atoms with Crippen LogP contribution in [-0.4, -0.2) is 38.9 Å². The van der Waals surface area contributed by atoms with Crippen molar-refractivity contribution in [2.24, 2.45) is 5.73 Å². The number of rotatable bonds is 4. The van der Waals surface area contributed by atoms with Crippen LogP contribution in [0.5, 0.6) is 11.5 Å². The van der Waals surface area contributed by atoms with E-state index < -0.39 is 5.54 Å². The van der Waals surface area contributed by atoms with Crippen LogP contribution in [0.15, 0.2) is 12.1 Å². The number of amides is 1. The number of ether oxygens (including phenoxy) is 3. The van der Waals surface area contributed by atoms with Gasteiger partial charge >= 0.3 is 0 Å². The van der Waals surface area contributed by atoms with Gasteiger partial charge in [0.2, 0.25) is 5.91 Å². The van der Waals surface area contributed by atoms with Crippen molar-refractivity contribution in [2.75, 3.05) is 32.8 Å². The molecule has 1 fully saturated rings. The lowest BCUT2D eigenvalue weighted by Gasteiger charge is -2.22. The van der Waals surface area contributed by atoms with E-state index in [1.165, 1.54) is 14.2 Å². The van der Waals surface area contributed by atoms with Gasteiger partial charge in [0.15, 0.2) is 0 Å². The molecule has 1 amide bonds. The number of hydrogen-bond donors (Lipinski definition) is 2. The minimum absolute atomic E-state index is 0.200. The maximum Gasteiger partial charge on any atom is 0.247 e. The van der Waals surface area contributed by atoms with Gasteiger partial charge in [-0.15, -0.1) is 0 Å². The topological polar surface area (TPSA) is 82.8 Å². The molecule has 1 aromatic rings. The van der Waals surface area contributed by atoms with Gasteiger partial charge in [-0.05, 0) is 6.42 Å². The fourth-order valence-electron chi connectivity index (χ4n) is 1.96. The fourth-order valence-corrected chi connectivity index (χ4v) is 2.20. The van der Waals surface area contributed by atoms with Gasteiger partial charge in [-0.25, -0.2) is 0 Å². The maximum atomic E-state index is 12.2. The van der Waals surface area contributed by atoms with E-state index >= 15 is 0 Å². The molecular formula is C13H17ClN2O4. The van der Waals surface area contributed by atoms with Crippen LogP contribution < -0.4 is 20.5 Å². The molecule has 2 rings (SSSR count). The van der Waals surface area contributed by atoms with E-state index in [0.717, 1.165) is 0 Å². The number of methoxy groups -OCH3 is 2. The maximum absolute atomic E-state index is 12.2. The third-order valence-corrected chi connectivity index (χ3v) is 3.52. The van der Waals surface area contributed by atoms with E-state index in [4.69, 9.17) is 31.5 Å². The highest BCUT2D eigenvalue weighted by atomic mass is 35.5. The molecule has 110 valence electrons. The SMILES string of the molecule is COc1cc(NC(=O)C2(N)CCOC2)c(OC)cc1Cl. The van der Waals surface area contributed by atoms with Gasteiger partial charge in [0.25, 0.3) is 0 Å². The summed E-state index contributed by atoms with van der Waals surface area (Å²) in [5.41, 5.74) is 5.45. The van der Waals surface area contributed by atoms with Crippen LogP contribution in [0, 0.1) is 0 Å². The first-order valence-electron chi connectivity index (χ1n) is 6.10. The van der Waals surface area contributed by atoms with Gasteiger partial charge in [-0.3, -0.25) is 4.79 Å². The Balaban J connectivity index is 2.26. The molecule has 1 aliphatic heterocycles. The van der Waals surface area contributed by atoms with Gasteiger partial charge in [-0.2, -0.15) is 0 Å². The number of nitrogens with two attached hydrogens (primary N) is 1. The summed E-state index contributed by atoms with van der Waals surface area (Å²) >= 11 is 6.01. The Hall–Kier alpha value is -1.50. The average Bonchev–Trinajstić information content (AvgIpc) is 2.88. The predicted octanol–water partition coefficient (Wildman–Crippen LogP) is 1.41. The molecule has 0 radical (unpaired) electrons. The second kappa shape index (κ2) is 5.87. The largest absolute Gasteiger partial charge is 0.495 e. The Morgan fingerprint density at radius 2 is 2.10 bits per heavy atom. The molecule has 0 aromatic heterocycles. The Morgan fingerprint density at radius 1 is 1.40 bits per heavy atom. The van der Waals surface area contributed by atoms with Crippen molar-refractivity contribution < 1.29 is 19.0 Å². The van der Waals surface area contributed by atoms with Crippen LogP contribution in [0.4, 0.5) is 5.69 Å². The van der Waals surface area contributed by atoms with Crippen LogP contribution in [0.2, 0.25) is 5.02 Å².